The summed E-state index contributed by atoms with van der Waals surface area (Å²) < 4.78 is 27.0. The first-order chi connectivity index (χ1) is 10.4. The van der Waals surface area contributed by atoms with Gasteiger partial charge in [-0.1, -0.05) is 23.7 Å². The summed E-state index contributed by atoms with van der Waals surface area (Å²) in [5.74, 6) is 0.681. The number of hydrogen-bond donors (Lipinski definition) is 2. The van der Waals surface area contributed by atoms with Crippen LogP contribution in [0.15, 0.2) is 42.5 Å². The third-order valence-corrected chi connectivity index (χ3v) is 4.66. The molecule has 3 aromatic rings. The molecule has 114 valence electrons. The van der Waals surface area contributed by atoms with E-state index in [9.17, 15) is 8.42 Å². The van der Waals surface area contributed by atoms with Crippen LogP contribution in [-0.4, -0.2) is 18.4 Å². The molecule has 0 aliphatic carbocycles. The highest BCUT2D eigenvalue weighted by molar-refractivity contribution is 7.91. The lowest BCUT2D eigenvalue weighted by molar-refractivity contribution is 0.600. The van der Waals surface area contributed by atoms with E-state index in [2.05, 4.69) is 14.7 Å². The van der Waals surface area contributed by atoms with Crippen LogP contribution in [0.4, 0.5) is 5.69 Å². The van der Waals surface area contributed by atoms with Crippen LogP contribution in [-0.2, 0) is 15.8 Å². The number of halogens is 1. The molecule has 1 aromatic heterocycles. The molecule has 0 amide bonds. The van der Waals surface area contributed by atoms with Gasteiger partial charge in [-0.2, -0.15) is 0 Å². The highest BCUT2D eigenvalue weighted by Crippen LogP contribution is 2.19. The number of nitrogens with zero attached hydrogens (tertiary/aromatic N) is 1. The van der Waals surface area contributed by atoms with Gasteiger partial charge in [-0.05, 0) is 42.8 Å². The third-order valence-electron chi connectivity index (χ3n) is 3.14. The number of imidazole rings is 1. The molecule has 0 saturated heterocycles. The third kappa shape index (κ3) is 3.40. The van der Waals surface area contributed by atoms with Gasteiger partial charge in [-0.15, -0.1) is 0 Å². The van der Waals surface area contributed by atoms with E-state index < -0.39 is 10.0 Å². The van der Waals surface area contributed by atoms with Gasteiger partial charge in [0.25, 0.3) is 0 Å². The molecule has 0 bridgehead atoms. The van der Waals surface area contributed by atoms with Crippen LogP contribution < -0.4 is 4.72 Å². The summed E-state index contributed by atoms with van der Waals surface area (Å²) in [5.41, 5.74) is 2.78. The number of hydrogen-bond acceptors (Lipinski definition) is 3. The van der Waals surface area contributed by atoms with Crippen molar-refractivity contribution in [1.82, 2.24) is 9.97 Å². The largest absolute Gasteiger partial charge is 0.342 e. The monoisotopic (exact) mass is 335 g/mol. The predicted molar refractivity (Wildman–Crippen MR) is 88.5 cm³/mol. The SMILES string of the molecule is Cc1nc2ccc(NS(=O)(=O)Cc3ccc(Cl)cc3)cc2[nH]1. The summed E-state index contributed by atoms with van der Waals surface area (Å²) in [6, 6.07) is 11.9. The lowest BCUT2D eigenvalue weighted by Crippen LogP contribution is -2.15. The average Bonchev–Trinajstić information content (AvgIpc) is 2.80. The smallest absolute Gasteiger partial charge is 0.236 e. The molecule has 1 heterocycles. The fourth-order valence-electron chi connectivity index (χ4n) is 2.22. The summed E-state index contributed by atoms with van der Waals surface area (Å²) in [4.78, 5) is 7.36. The minimum atomic E-state index is -3.49. The van der Waals surface area contributed by atoms with Crippen molar-refractivity contribution in [2.75, 3.05) is 4.72 Å². The van der Waals surface area contributed by atoms with Crippen LogP contribution in [0.1, 0.15) is 11.4 Å². The van der Waals surface area contributed by atoms with Gasteiger partial charge in [-0.25, -0.2) is 13.4 Å². The number of nitrogens with one attached hydrogen (secondary N) is 2. The molecule has 0 atom stereocenters. The molecule has 0 aliphatic rings. The number of benzene rings is 2. The van der Waals surface area contributed by atoms with E-state index in [4.69, 9.17) is 11.6 Å². The molecule has 0 fully saturated rings. The van der Waals surface area contributed by atoms with Gasteiger partial charge >= 0.3 is 0 Å². The first-order valence-corrected chi connectivity index (χ1v) is 8.66. The van der Waals surface area contributed by atoms with E-state index in [1.54, 1.807) is 42.5 Å². The number of rotatable bonds is 4. The number of sulfonamides is 1. The van der Waals surface area contributed by atoms with Gasteiger partial charge < -0.3 is 4.98 Å². The Bertz CT molecular complexity index is 918. The zero-order chi connectivity index (χ0) is 15.7. The summed E-state index contributed by atoms with van der Waals surface area (Å²) in [5, 5.41) is 0.578. The zero-order valence-electron chi connectivity index (χ0n) is 11.8. The molecular formula is C15H14ClN3O2S. The molecule has 0 spiro atoms. The van der Waals surface area contributed by atoms with Crippen LogP contribution in [0.2, 0.25) is 5.02 Å². The van der Waals surface area contributed by atoms with E-state index in [1.807, 2.05) is 6.92 Å². The Morgan fingerprint density at radius 3 is 2.64 bits per heavy atom. The van der Waals surface area contributed by atoms with Crippen LogP contribution in [0.3, 0.4) is 0 Å². The van der Waals surface area contributed by atoms with E-state index in [0.29, 0.717) is 16.3 Å². The van der Waals surface area contributed by atoms with Crippen molar-refractivity contribution in [1.29, 1.82) is 0 Å². The Hall–Kier alpha value is -2.05. The van der Waals surface area contributed by atoms with Crippen molar-refractivity contribution in [3.05, 3.63) is 58.9 Å². The lowest BCUT2D eigenvalue weighted by Gasteiger charge is -2.08. The van der Waals surface area contributed by atoms with Crippen LogP contribution in [0.25, 0.3) is 11.0 Å². The number of aryl methyl sites for hydroxylation is 1. The van der Waals surface area contributed by atoms with Gasteiger partial charge in [-0.3, -0.25) is 4.72 Å². The summed E-state index contributed by atoms with van der Waals surface area (Å²) >= 11 is 5.80. The van der Waals surface area contributed by atoms with Gasteiger partial charge in [0.2, 0.25) is 10.0 Å². The fourth-order valence-corrected chi connectivity index (χ4v) is 3.53. The Morgan fingerprint density at radius 2 is 1.91 bits per heavy atom. The number of anilines is 1. The van der Waals surface area contributed by atoms with Crippen molar-refractivity contribution in [3.63, 3.8) is 0 Å². The van der Waals surface area contributed by atoms with Crippen molar-refractivity contribution in [2.45, 2.75) is 12.7 Å². The molecule has 0 unspecified atom stereocenters. The zero-order valence-corrected chi connectivity index (χ0v) is 13.4. The van der Waals surface area contributed by atoms with Gasteiger partial charge in [0.1, 0.15) is 5.82 Å². The normalized spacial score (nSPS) is 11.7. The average molecular weight is 336 g/mol. The minimum Gasteiger partial charge on any atom is -0.342 e. The van der Waals surface area contributed by atoms with Gasteiger partial charge in [0, 0.05) is 5.02 Å². The quantitative estimate of drug-likeness (QED) is 0.766. The van der Waals surface area contributed by atoms with Crippen LogP contribution in [0.5, 0.6) is 0 Å². The number of H-pyrrole nitrogens is 1. The number of aromatic amines is 1. The van der Waals surface area contributed by atoms with Crippen molar-refractivity contribution in [2.24, 2.45) is 0 Å². The Balaban J connectivity index is 1.81. The predicted octanol–water partition coefficient (Wildman–Crippen LogP) is 3.47. The van der Waals surface area contributed by atoms with Crippen molar-refractivity contribution < 1.29 is 8.42 Å². The summed E-state index contributed by atoms with van der Waals surface area (Å²) in [6.07, 6.45) is 0. The highest BCUT2D eigenvalue weighted by atomic mass is 35.5. The Morgan fingerprint density at radius 1 is 1.18 bits per heavy atom. The highest BCUT2D eigenvalue weighted by Gasteiger charge is 2.12. The maximum atomic E-state index is 12.2. The van der Waals surface area contributed by atoms with E-state index in [-0.39, 0.29) is 5.75 Å². The Kier molecular flexibility index (Phi) is 3.80. The number of aromatic nitrogens is 2. The molecule has 22 heavy (non-hydrogen) atoms. The molecule has 3 rings (SSSR count). The summed E-state index contributed by atoms with van der Waals surface area (Å²) in [6.45, 7) is 1.85. The first kappa shape index (κ1) is 14.9. The van der Waals surface area contributed by atoms with Crippen molar-refractivity contribution >= 4 is 38.3 Å². The van der Waals surface area contributed by atoms with Gasteiger partial charge in [0.15, 0.2) is 0 Å². The molecule has 0 aliphatic heterocycles. The standard InChI is InChI=1S/C15H14ClN3O2S/c1-10-17-14-7-6-13(8-15(14)18-10)19-22(20,21)9-11-2-4-12(16)5-3-11/h2-8,19H,9H2,1H3,(H,17,18). The maximum absolute atomic E-state index is 12.2. The second kappa shape index (κ2) is 5.62. The topological polar surface area (TPSA) is 74.8 Å². The van der Waals surface area contributed by atoms with E-state index >= 15 is 0 Å². The molecule has 0 radical (unpaired) electrons. The summed E-state index contributed by atoms with van der Waals surface area (Å²) in [7, 11) is -3.49. The van der Waals surface area contributed by atoms with Crippen LogP contribution in [0, 0.1) is 6.92 Å². The lowest BCUT2D eigenvalue weighted by atomic mass is 10.2. The van der Waals surface area contributed by atoms with Crippen LogP contribution >= 0.6 is 11.6 Å². The molecule has 7 heteroatoms. The molecule has 2 aromatic carbocycles. The van der Waals surface area contributed by atoms with Gasteiger partial charge in [0.05, 0.1) is 22.5 Å². The number of fused-ring (bicyclic) bond motifs is 1. The minimum absolute atomic E-state index is 0.107. The fraction of sp³-hybridized carbons (Fsp3) is 0.133. The molecular weight excluding hydrogens is 322 g/mol. The maximum Gasteiger partial charge on any atom is 0.236 e. The van der Waals surface area contributed by atoms with Crippen molar-refractivity contribution in [3.8, 4) is 0 Å². The van der Waals surface area contributed by atoms with E-state index in [0.717, 1.165) is 16.9 Å². The second-order valence-corrected chi connectivity index (χ2v) is 7.20. The Labute approximate surface area is 133 Å². The van der Waals surface area contributed by atoms with E-state index in [1.165, 1.54) is 0 Å². The molecule has 5 nitrogen and oxygen atoms in total. The molecule has 0 saturated carbocycles. The first-order valence-electron chi connectivity index (χ1n) is 6.63. The molecule has 2 N–H and O–H groups in total. The second-order valence-electron chi connectivity index (χ2n) is 5.04.